The summed E-state index contributed by atoms with van der Waals surface area (Å²) in [5, 5.41) is 0.606. The summed E-state index contributed by atoms with van der Waals surface area (Å²) in [5.41, 5.74) is 1.15. The first-order chi connectivity index (χ1) is 8.75. The lowest BCUT2D eigenvalue weighted by atomic mass is 10.4. The molecule has 0 saturated carbocycles. The molecule has 0 amide bonds. The SMILES string of the molecule is O=S(c1ccc(Cl)cc1)n1cnc2ncncc21. The van der Waals surface area contributed by atoms with Gasteiger partial charge in [-0.05, 0) is 24.3 Å². The molecule has 0 aliphatic heterocycles. The second kappa shape index (κ2) is 4.47. The van der Waals surface area contributed by atoms with Crippen LogP contribution in [0, 0.1) is 0 Å². The van der Waals surface area contributed by atoms with E-state index in [-0.39, 0.29) is 0 Å². The van der Waals surface area contributed by atoms with Gasteiger partial charge in [-0.3, -0.25) is 0 Å². The van der Waals surface area contributed by atoms with Gasteiger partial charge >= 0.3 is 0 Å². The van der Waals surface area contributed by atoms with E-state index in [1.165, 1.54) is 16.6 Å². The van der Waals surface area contributed by atoms with E-state index in [1.807, 2.05) is 0 Å². The molecule has 0 N–H and O–H groups in total. The maximum atomic E-state index is 12.4. The number of rotatable bonds is 2. The molecule has 3 rings (SSSR count). The molecule has 18 heavy (non-hydrogen) atoms. The van der Waals surface area contributed by atoms with Crippen LogP contribution in [0.25, 0.3) is 11.2 Å². The molecule has 0 radical (unpaired) electrons. The Labute approximate surface area is 110 Å². The first kappa shape index (κ1) is 11.3. The number of aromatic nitrogens is 4. The summed E-state index contributed by atoms with van der Waals surface area (Å²) < 4.78 is 13.9. The van der Waals surface area contributed by atoms with Gasteiger partial charge in [0.05, 0.1) is 11.1 Å². The molecule has 2 heterocycles. The van der Waals surface area contributed by atoms with Crippen LogP contribution >= 0.6 is 11.6 Å². The summed E-state index contributed by atoms with van der Waals surface area (Å²) in [6.45, 7) is 0. The van der Waals surface area contributed by atoms with E-state index in [1.54, 1.807) is 30.5 Å². The molecule has 0 bridgehead atoms. The average molecular weight is 279 g/mol. The first-order valence-electron chi connectivity index (χ1n) is 5.06. The molecule has 90 valence electrons. The van der Waals surface area contributed by atoms with Crippen molar-refractivity contribution < 1.29 is 4.21 Å². The lowest BCUT2D eigenvalue weighted by Gasteiger charge is -2.03. The highest BCUT2D eigenvalue weighted by Gasteiger charge is 2.11. The van der Waals surface area contributed by atoms with Crippen molar-refractivity contribution in [1.82, 2.24) is 18.9 Å². The van der Waals surface area contributed by atoms with Crippen molar-refractivity contribution in [3.63, 3.8) is 0 Å². The summed E-state index contributed by atoms with van der Waals surface area (Å²) in [5.74, 6) is 0. The van der Waals surface area contributed by atoms with E-state index in [4.69, 9.17) is 11.6 Å². The zero-order valence-corrected chi connectivity index (χ0v) is 10.6. The predicted octanol–water partition coefficient (Wildman–Crippen LogP) is 2.05. The molecule has 5 nitrogen and oxygen atoms in total. The number of halogens is 1. The molecule has 1 unspecified atom stereocenters. The normalized spacial score (nSPS) is 12.7. The van der Waals surface area contributed by atoms with Crippen molar-refractivity contribution in [3.8, 4) is 0 Å². The van der Waals surface area contributed by atoms with Crippen LogP contribution in [-0.2, 0) is 11.0 Å². The van der Waals surface area contributed by atoms with Crippen molar-refractivity contribution >= 4 is 33.8 Å². The zero-order chi connectivity index (χ0) is 12.5. The van der Waals surface area contributed by atoms with Gasteiger partial charge in [-0.15, -0.1) is 0 Å². The highest BCUT2D eigenvalue weighted by atomic mass is 35.5. The monoisotopic (exact) mass is 278 g/mol. The van der Waals surface area contributed by atoms with Gasteiger partial charge in [0, 0.05) is 5.02 Å². The number of hydrogen-bond donors (Lipinski definition) is 0. The second-order valence-electron chi connectivity index (χ2n) is 3.51. The van der Waals surface area contributed by atoms with Gasteiger partial charge in [0.15, 0.2) is 16.6 Å². The highest BCUT2D eigenvalue weighted by molar-refractivity contribution is 7.83. The Hall–Kier alpha value is -1.79. The standard InChI is InChI=1S/C11H7ClN4OS/c12-8-1-3-9(4-2-8)18(17)16-7-15-11-10(16)5-13-6-14-11/h1-7H. The topological polar surface area (TPSA) is 60.7 Å². The van der Waals surface area contributed by atoms with E-state index in [2.05, 4.69) is 15.0 Å². The lowest BCUT2D eigenvalue weighted by molar-refractivity contribution is 0.678. The lowest BCUT2D eigenvalue weighted by Crippen LogP contribution is -2.03. The molecule has 2 aromatic heterocycles. The molecule has 3 aromatic rings. The van der Waals surface area contributed by atoms with Crippen LogP contribution in [0.15, 0.2) is 48.0 Å². The summed E-state index contributed by atoms with van der Waals surface area (Å²) >= 11 is 5.80. The Bertz CT molecular complexity index is 725. The van der Waals surface area contributed by atoms with E-state index in [0.29, 0.717) is 21.1 Å². The van der Waals surface area contributed by atoms with Gasteiger partial charge in [-0.1, -0.05) is 11.6 Å². The van der Waals surface area contributed by atoms with Gasteiger partial charge in [-0.2, -0.15) is 0 Å². The maximum Gasteiger partial charge on any atom is 0.181 e. The van der Waals surface area contributed by atoms with Gasteiger partial charge in [0.1, 0.15) is 18.2 Å². The molecule has 7 heteroatoms. The Kier molecular flexibility index (Phi) is 2.81. The van der Waals surface area contributed by atoms with E-state index in [0.717, 1.165) is 0 Å². The molecular formula is C11H7ClN4OS. The van der Waals surface area contributed by atoms with Crippen molar-refractivity contribution in [2.75, 3.05) is 0 Å². The maximum absolute atomic E-state index is 12.4. The molecule has 0 fully saturated rings. The van der Waals surface area contributed by atoms with Gasteiger partial charge in [0.2, 0.25) is 0 Å². The first-order valence-corrected chi connectivity index (χ1v) is 6.55. The summed E-state index contributed by atoms with van der Waals surface area (Å²) in [6, 6.07) is 6.83. The van der Waals surface area contributed by atoms with Crippen molar-refractivity contribution in [2.45, 2.75) is 4.90 Å². The minimum atomic E-state index is -1.38. The molecule has 1 aromatic carbocycles. The average Bonchev–Trinajstić information content (AvgIpc) is 2.82. The zero-order valence-electron chi connectivity index (χ0n) is 9.02. The number of benzene rings is 1. The smallest absolute Gasteiger partial charge is 0.181 e. The predicted molar refractivity (Wildman–Crippen MR) is 68.6 cm³/mol. The Morgan fingerprint density at radius 3 is 2.72 bits per heavy atom. The van der Waals surface area contributed by atoms with Crippen LogP contribution in [0.4, 0.5) is 0 Å². The molecule has 0 spiro atoms. The van der Waals surface area contributed by atoms with Crippen molar-refractivity contribution in [3.05, 3.63) is 48.1 Å². The molecule has 0 saturated heterocycles. The molecule has 0 aliphatic carbocycles. The quantitative estimate of drug-likeness (QED) is 0.720. The van der Waals surface area contributed by atoms with Crippen LogP contribution in [0.1, 0.15) is 0 Å². The molecule has 0 aliphatic rings. The third-order valence-corrected chi connectivity index (χ3v) is 3.96. The second-order valence-corrected chi connectivity index (χ2v) is 5.30. The fourth-order valence-electron chi connectivity index (χ4n) is 1.54. The number of nitrogens with zero attached hydrogens (tertiary/aromatic N) is 4. The third kappa shape index (κ3) is 1.89. The van der Waals surface area contributed by atoms with Gasteiger partial charge < -0.3 is 0 Å². The number of fused-ring (bicyclic) bond motifs is 1. The number of hydrogen-bond acceptors (Lipinski definition) is 4. The number of imidazole rings is 1. The Morgan fingerprint density at radius 1 is 1.17 bits per heavy atom. The summed E-state index contributed by atoms with van der Waals surface area (Å²) in [7, 11) is -1.38. The van der Waals surface area contributed by atoms with Crippen molar-refractivity contribution in [1.29, 1.82) is 0 Å². The van der Waals surface area contributed by atoms with Crippen LogP contribution in [-0.4, -0.2) is 23.1 Å². The van der Waals surface area contributed by atoms with Crippen molar-refractivity contribution in [2.24, 2.45) is 0 Å². The van der Waals surface area contributed by atoms with Crippen LogP contribution in [0.2, 0.25) is 5.02 Å². The fourth-order valence-corrected chi connectivity index (χ4v) is 2.70. The summed E-state index contributed by atoms with van der Waals surface area (Å²) in [4.78, 5) is 12.6. The van der Waals surface area contributed by atoms with Gasteiger partial charge in [0.25, 0.3) is 0 Å². The molecule has 1 atom stereocenters. The van der Waals surface area contributed by atoms with E-state index in [9.17, 15) is 4.21 Å². The minimum absolute atomic E-state index is 0.521. The Balaban J connectivity index is 2.09. The Morgan fingerprint density at radius 2 is 1.94 bits per heavy atom. The molecular weight excluding hydrogens is 272 g/mol. The largest absolute Gasteiger partial charge is 0.242 e. The van der Waals surface area contributed by atoms with Crippen LogP contribution in [0.5, 0.6) is 0 Å². The van der Waals surface area contributed by atoms with E-state index < -0.39 is 11.0 Å². The van der Waals surface area contributed by atoms with Crippen LogP contribution in [0.3, 0.4) is 0 Å². The van der Waals surface area contributed by atoms with Crippen LogP contribution < -0.4 is 0 Å². The third-order valence-electron chi connectivity index (χ3n) is 2.39. The van der Waals surface area contributed by atoms with E-state index >= 15 is 0 Å². The van der Waals surface area contributed by atoms with Gasteiger partial charge in [-0.25, -0.2) is 23.1 Å². The fraction of sp³-hybridized carbons (Fsp3) is 0. The highest BCUT2D eigenvalue weighted by Crippen LogP contribution is 2.17. The summed E-state index contributed by atoms with van der Waals surface area (Å²) in [6.07, 6.45) is 4.48. The minimum Gasteiger partial charge on any atom is -0.242 e.